The van der Waals surface area contributed by atoms with E-state index in [1.165, 1.54) is 6.42 Å². The average molecular weight is 285 g/mol. The van der Waals surface area contributed by atoms with Crippen molar-refractivity contribution in [2.24, 2.45) is 11.7 Å². The number of hydrogen-bond donors (Lipinski definition) is 2. The molecule has 0 amide bonds. The van der Waals surface area contributed by atoms with Crippen molar-refractivity contribution in [3.8, 4) is 0 Å². The highest BCUT2D eigenvalue weighted by molar-refractivity contribution is 5.84. The van der Waals surface area contributed by atoms with Gasteiger partial charge in [0.15, 0.2) is 0 Å². The molecule has 3 N–H and O–H groups in total. The van der Waals surface area contributed by atoms with Gasteiger partial charge in [-0.1, -0.05) is 18.2 Å². The minimum Gasteiger partial charge on any atom is -0.396 e. The van der Waals surface area contributed by atoms with Crippen LogP contribution in [0.1, 0.15) is 24.8 Å². The summed E-state index contributed by atoms with van der Waals surface area (Å²) in [6.07, 6.45) is 3.25. The lowest BCUT2D eigenvalue weighted by Gasteiger charge is -2.33. The van der Waals surface area contributed by atoms with Gasteiger partial charge in [0.25, 0.3) is 0 Å². The number of aliphatic hydroxyl groups is 1. The van der Waals surface area contributed by atoms with E-state index in [0.29, 0.717) is 12.5 Å². The van der Waals surface area contributed by atoms with Crippen molar-refractivity contribution in [2.45, 2.75) is 25.8 Å². The molecule has 3 rings (SSSR count). The Balaban J connectivity index is 1.92. The van der Waals surface area contributed by atoms with Crippen molar-refractivity contribution in [2.75, 3.05) is 24.6 Å². The summed E-state index contributed by atoms with van der Waals surface area (Å²) in [7, 11) is 0. The Labute approximate surface area is 125 Å². The van der Waals surface area contributed by atoms with E-state index in [2.05, 4.69) is 17.0 Å². The van der Waals surface area contributed by atoms with Crippen LogP contribution in [0.25, 0.3) is 10.9 Å². The van der Waals surface area contributed by atoms with Gasteiger partial charge >= 0.3 is 0 Å². The van der Waals surface area contributed by atoms with Crippen molar-refractivity contribution < 1.29 is 5.11 Å². The molecule has 2 aromatic rings. The minimum absolute atomic E-state index is 0.276. The fourth-order valence-corrected chi connectivity index (χ4v) is 3.25. The summed E-state index contributed by atoms with van der Waals surface area (Å²) in [5.74, 6) is 1.59. The van der Waals surface area contributed by atoms with Crippen LogP contribution in [-0.2, 0) is 6.54 Å². The molecule has 0 aliphatic carbocycles. The third kappa shape index (κ3) is 3.01. The molecular formula is C17H23N3O. The third-order valence-corrected chi connectivity index (χ3v) is 4.39. The van der Waals surface area contributed by atoms with Gasteiger partial charge in [-0.15, -0.1) is 0 Å². The maximum absolute atomic E-state index is 9.15. The molecule has 0 saturated carbocycles. The Morgan fingerprint density at radius 2 is 2.19 bits per heavy atom. The molecule has 2 heterocycles. The van der Waals surface area contributed by atoms with Crippen LogP contribution in [0.15, 0.2) is 30.3 Å². The smallest absolute Gasteiger partial charge is 0.129 e. The number of nitrogens with zero attached hydrogens (tertiary/aromatic N) is 2. The van der Waals surface area contributed by atoms with E-state index in [4.69, 9.17) is 15.8 Å². The number of fused-ring (bicyclic) bond motifs is 1. The molecule has 1 aliphatic rings. The number of aliphatic hydroxyl groups excluding tert-OH is 1. The summed E-state index contributed by atoms with van der Waals surface area (Å²) in [5.41, 5.74) is 8.08. The zero-order valence-electron chi connectivity index (χ0n) is 12.3. The summed E-state index contributed by atoms with van der Waals surface area (Å²) in [4.78, 5) is 7.15. The Bertz CT molecular complexity index is 612. The lowest BCUT2D eigenvalue weighted by Crippen LogP contribution is -2.36. The van der Waals surface area contributed by atoms with Crippen LogP contribution in [0.3, 0.4) is 0 Å². The summed E-state index contributed by atoms with van der Waals surface area (Å²) in [6.45, 7) is 2.83. The van der Waals surface area contributed by atoms with Gasteiger partial charge in [-0.05, 0) is 42.9 Å². The molecule has 112 valence electrons. The van der Waals surface area contributed by atoms with Gasteiger partial charge in [0, 0.05) is 31.6 Å². The summed E-state index contributed by atoms with van der Waals surface area (Å²) < 4.78 is 0. The van der Waals surface area contributed by atoms with Crippen LogP contribution in [-0.4, -0.2) is 29.8 Å². The van der Waals surface area contributed by atoms with E-state index in [1.54, 1.807) is 0 Å². The van der Waals surface area contributed by atoms with Crippen LogP contribution in [0.2, 0.25) is 0 Å². The van der Waals surface area contributed by atoms with Gasteiger partial charge in [0.05, 0.1) is 5.52 Å². The van der Waals surface area contributed by atoms with Crippen molar-refractivity contribution in [3.05, 3.63) is 35.9 Å². The number of pyridine rings is 1. The first-order valence-corrected chi connectivity index (χ1v) is 7.76. The SMILES string of the molecule is NCc1cc(N2CCCC(CCO)C2)nc2ccccc12. The second-order valence-corrected chi connectivity index (χ2v) is 5.83. The molecule has 1 aromatic heterocycles. The monoisotopic (exact) mass is 285 g/mol. The van der Waals surface area contributed by atoms with E-state index in [1.807, 2.05) is 18.2 Å². The normalized spacial score (nSPS) is 19.1. The fourth-order valence-electron chi connectivity index (χ4n) is 3.25. The molecule has 4 nitrogen and oxygen atoms in total. The standard InChI is InChI=1S/C17H23N3O/c18-11-14-10-17(19-16-6-2-1-5-15(14)16)20-8-3-4-13(12-20)7-9-21/h1-2,5-6,10,13,21H,3-4,7-9,11-12,18H2. The molecule has 1 atom stereocenters. The predicted octanol–water partition coefficient (Wildman–Crippen LogP) is 2.29. The number of hydrogen-bond acceptors (Lipinski definition) is 4. The molecule has 1 unspecified atom stereocenters. The number of para-hydroxylation sites is 1. The van der Waals surface area contributed by atoms with Gasteiger partial charge in [-0.3, -0.25) is 0 Å². The number of nitrogens with two attached hydrogens (primary N) is 1. The van der Waals surface area contributed by atoms with Gasteiger partial charge in [0.2, 0.25) is 0 Å². The van der Waals surface area contributed by atoms with Crippen LogP contribution in [0.4, 0.5) is 5.82 Å². The molecule has 21 heavy (non-hydrogen) atoms. The quantitative estimate of drug-likeness (QED) is 0.905. The third-order valence-electron chi connectivity index (χ3n) is 4.39. The van der Waals surface area contributed by atoms with Crippen molar-refractivity contribution in [1.82, 2.24) is 4.98 Å². The highest BCUT2D eigenvalue weighted by Crippen LogP contribution is 2.27. The largest absolute Gasteiger partial charge is 0.396 e. The Hall–Kier alpha value is -1.65. The average Bonchev–Trinajstić information content (AvgIpc) is 2.54. The van der Waals surface area contributed by atoms with Crippen molar-refractivity contribution >= 4 is 16.7 Å². The Kier molecular flexibility index (Phi) is 4.36. The second-order valence-electron chi connectivity index (χ2n) is 5.83. The topological polar surface area (TPSA) is 62.4 Å². The van der Waals surface area contributed by atoms with E-state index < -0.39 is 0 Å². The summed E-state index contributed by atoms with van der Waals surface area (Å²) in [5, 5.41) is 10.3. The molecule has 1 fully saturated rings. The lowest BCUT2D eigenvalue weighted by atomic mass is 9.95. The van der Waals surface area contributed by atoms with Gasteiger partial charge < -0.3 is 15.7 Å². The molecule has 4 heteroatoms. The number of piperidine rings is 1. The van der Waals surface area contributed by atoms with E-state index in [9.17, 15) is 0 Å². The summed E-state index contributed by atoms with van der Waals surface area (Å²) >= 11 is 0. The highest BCUT2D eigenvalue weighted by atomic mass is 16.3. The van der Waals surface area contributed by atoms with Gasteiger partial charge in [-0.25, -0.2) is 4.98 Å². The van der Waals surface area contributed by atoms with Crippen molar-refractivity contribution in [3.63, 3.8) is 0 Å². The lowest BCUT2D eigenvalue weighted by molar-refractivity contribution is 0.244. The molecule has 0 spiro atoms. The first-order chi connectivity index (χ1) is 10.3. The molecule has 0 bridgehead atoms. The van der Waals surface area contributed by atoms with Crippen LogP contribution >= 0.6 is 0 Å². The maximum Gasteiger partial charge on any atom is 0.129 e. The molecule has 0 radical (unpaired) electrons. The Morgan fingerprint density at radius 1 is 1.33 bits per heavy atom. The minimum atomic E-state index is 0.276. The highest BCUT2D eigenvalue weighted by Gasteiger charge is 2.21. The number of rotatable bonds is 4. The maximum atomic E-state index is 9.15. The molecular weight excluding hydrogens is 262 g/mol. The second kappa shape index (κ2) is 6.41. The molecule has 1 aliphatic heterocycles. The number of aromatic nitrogens is 1. The number of benzene rings is 1. The Morgan fingerprint density at radius 3 is 3.00 bits per heavy atom. The van der Waals surface area contributed by atoms with E-state index in [-0.39, 0.29) is 6.61 Å². The predicted molar refractivity (Wildman–Crippen MR) is 86.3 cm³/mol. The first-order valence-electron chi connectivity index (χ1n) is 7.76. The number of anilines is 1. The van der Waals surface area contributed by atoms with Crippen LogP contribution < -0.4 is 10.6 Å². The van der Waals surface area contributed by atoms with E-state index in [0.717, 1.165) is 48.2 Å². The summed E-state index contributed by atoms with van der Waals surface area (Å²) in [6, 6.07) is 10.3. The van der Waals surface area contributed by atoms with Crippen molar-refractivity contribution in [1.29, 1.82) is 0 Å². The molecule has 1 aromatic carbocycles. The van der Waals surface area contributed by atoms with Gasteiger partial charge in [0.1, 0.15) is 5.82 Å². The molecule has 1 saturated heterocycles. The van der Waals surface area contributed by atoms with Gasteiger partial charge in [-0.2, -0.15) is 0 Å². The zero-order chi connectivity index (χ0) is 14.7. The zero-order valence-corrected chi connectivity index (χ0v) is 12.3. The van der Waals surface area contributed by atoms with Crippen LogP contribution in [0, 0.1) is 5.92 Å². The first kappa shape index (κ1) is 14.3. The van der Waals surface area contributed by atoms with E-state index >= 15 is 0 Å². The fraction of sp³-hybridized carbons (Fsp3) is 0.471. The van der Waals surface area contributed by atoms with Crippen LogP contribution in [0.5, 0.6) is 0 Å².